The van der Waals surface area contributed by atoms with Gasteiger partial charge in [-0.3, -0.25) is 4.79 Å². The summed E-state index contributed by atoms with van der Waals surface area (Å²) >= 11 is 0. The zero-order valence-corrected chi connectivity index (χ0v) is 16.6. The van der Waals surface area contributed by atoms with E-state index in [0.717, 1.165) is 44.2 Å². The van der Waals surface area contributed by atoms with Gasteiger partial charge < -0.3 is 24.6 Å². The molecular formula is C21H28N4O3. The minimum absolute atomic E-state index is 0.0654. The summed E-state index contributed by atoms with van der Waals surface area (Å²) in [5.41, 5.74) is 0.665. The number of aromatic nitrogens is 1. The molecule has 1 aliphatic rings. The molecule has 1 aromatic heterocycles. The molecule has 1 N–H and O–H groups in total. The number of nitrogens with one attached hydrogen (secondary N) is 1. The van der Waals surface area contributed by atoms with E-state index in [1.807, 2.05) is 35.2 Å². The highest BCUT2D eigenvalue weighted by molar-refractivity contribution is 5.94. The smallest absolute Gasteiger partial charge is 0.254 e. The number of ether oxygens (including phenoxy) is 2. The molecule has 0 spiro atoms. The van der Waals surface area contributed by atoms with E-state index in [-0.39, 0.29) is 5.91 Å². The van der Waals surface area contributed by atoms with Gasteiger partial charge in [0.05, 0.1) is 13.7 Å². The first-order chi connectivity index (χ1) is 13.7. The second-order valence-electron chi connectivity index (χ2n) is 6.61. The van der Waals surface area contributed by atoms with Crippen LogP contribution in [0.2, 0.25) is 0 Å². The number of piperazine rings is 1. The highest BCUT2D eigenvalue weighted by atomic mass is 16.5. The van der Waals surface area contributed by atoms with E-state index >= 15 is 0 Å². The molecule has 0 radical (unpaired) electrons. The molecule has 0 atom stereocenters. The molecule has 2 aromatic rings. The van der Waals surface area contributed by atoms with Crippen LogP contribution in [0.4, 0.5) is 5.82 Å². The molecule has 1 aliphatic heterocycles. The van der Waals surface area contributed by atoms with Gasteiger partial charge in [0.25, 0.3) is 5.91 Å². The summed E-state index contributed by atoms with van der Waals surface area (Å²) < 4.78 is 10.8. The van der Waals surface area contributed by atoms with Crippen LogP contribution in [-0.2, 0) is 0 Å². The Morgan fingerprint density at radius 2 is 1.82 bits per heavy atom. The van der Waals surface area contributed by atoms with Gasteiger partial charge in [-0.15, -0.1) is 0 Å². The van der Waals surface area contributed by atoms with Crippen molar-refractivity contribution in [2.45, 2.75) is 6.92 Å². The second kappa shape index (κ2) is 9.94. The van der Waals surface area contributed by atoms with Gasteiger partial charge in [-0.25, -0.2) is 4.98 Å². The van der Waals surface area contributed by atoms with E-state index in [1.54, 1.807) is 19.4 Å². The fraction of sp³-hybridized carbons (Fsp3) is 0.429. The zero-order valence-electron chi connectivity index (χ0n) is 16.6. The van der Waals surface area contributed by atoms with Crippen molar-refractivity contribution in [2.24, 2.45) is 0 Å². The lowest BCUT2D eigenvalue weighted by atomic mass is 10.2. The Balaban J connectivity index is 1.47. The fourth-order valence-corrected chi connectivity index (χ4v) is 3.13. The number of pyridine rings is 1. The van der Waals surface area contributed by atoms with Crippen molar-refractivity contribution in [1.29, 1.82) is 0 Å². The molecule has 150 valence electrons. The van der Waals surface area contributed by atoms with Crippen molar-refractivity contribution in [2.75, 3.05) is 58.3 Å². The third-order valence-corrected chi connectivity index (χ3v) is 4.85. The molecule has 7 heteroatoms. The molecule has 1 amide bonds. The molecule has 1 fully saturated rings. The topological polar surface area (TPSA) is 66.9 Å². The largest absolute Gasteiger partial charge is 0.497 e. The lowest BCUT2D eigenvalue weighted by Crippen LogP contribution is -2.48. The average molecular weight is 384 g/mol. The van der Waals surface area contributed by atoms with Crippen LogP contribution in [-0.4, -0.2) is 73.7 Å². The maximum atomic E-state index is 12.7. The van der Waals surface area contributed by atoms with E-state index < -0.39 is 0 Å². The Morgan fingerprint density at radius 1 is 1.11 bits per heavy atom. The predicted molar refractivity (Wildman–Crippen MR) is 109 cm³/mol. The minimum atomic E-state index is 0.0654. The van der Waals surface area contributed by atoms with Crippen LogP contribution in [0.3, 0.4) is 0 Å². The molecule has 3 rings (SSSR count). The van der Waals surface area contributed by atoms with E-state index in [9.17, 15) is 4.79 Å². The second-order valence-corrected chi connectivity index (χ2v) is 6.61. The van der Waals surface area contributed by atoms with Crippen LogP contribution >= 0.6 is 0 Å². The van der Waals surface area contributed by atoms with Crippen LogP contribution in [0.15, 0.2) is 42.6 Å². The predicted octanol–water partition coefficient (Wildman–Crippen LogP) is 2.36. The SMILES string of the molecule is CCN1CCN(C(=O)c2ccnc(NCCOc3ccc(OC)cc3)c2)CC1. The van der Waals surface area contributed by atoms with Crippen LogP contribution in [0.5, 0.6) is 11.5 Å². The highest BCUT2D eigenvalue weighted by Gasteiger charge is 2.21. The Labute approximate surface area is 166 Å². The Hall–Kier alpha value is -2.80. The van der Waals surface area contributed by atoms with Gasteiger partial charge >= 0.3 is 0 Å². The van der Waals surface area contributed by atoms with Gasteiger partial charge in [0, 0.05) is 37.9 Å². The van der Waals surface area contributed by atoms with Crippen LogP contribution in [0.1, 0.15) is 17.3 Å². The number of hydrogen-bond acceptors (Lipinski definition) is 6. The Bertz CT molecular complexity index is 759. The van der Waals surface area contributed by atoms with Gasteiger partial charge in [0.2, 0.25) is 0 Å². The summed E-state index contributed by atoms with van der Waals surface area (Å²) in [7, 11) is 1.64. The Kier molecular flexibility index (Phi) is 7.08. The molecule has 0 unspecified atom stereocenters. The molecule has 28 heavy (non-hydrogen) atoms. The van der Waals surface area contributed by atoms with Gasteiger partial charge in [-0.05, 0) is 42.9 Å². The number of nitrogens with zero attached hydrogens (tertiary/aromatic N) is 3. The number of amides is 1. The monoisotopic (exact) mass is 384 g/mol. The number of benzene rings is 1. The quantitative estimate of drug-likeness (QED) is 0.705. The highest BCUT2D eigenvalue weighted by Crippen LogP contribution is 2.17. The molecular weight excluding hydrogens is 356 g/mol. The van der Waals surface area contributed by atoms with Crippen molar-refractivity contribution in [3.63, 3.8) is 0 Å². The van der Waals surface area contributed by atoms with Crippen molar-refractivity contribution >= 4 is 11.7 Å². The van der Waals surface area contributed by atoms with E-state index in [1.165, 1.54) is 0 Å². The Morgan fingerprint density at radius 3 is 2.50 bits per heavy atom. The number of carbonyl (C=O) groups excluding carboxylic acids is 1. The molecule has 0 saturated carbocycles. The first-order valence-corrected chi connectivity index (χ1v) is 9.68. The van der Waals surface area contributed by atoms with Crippen molar-refractivity contribution < 1.29 is 14.3 Å². The lowest BCUT2D eigenvalue weighted by Gasteiger charge is -2.34. The van der Waals surface area contributed by atoms with Gasteiger partial charge in [0.1, 0.15) is 23.9 Å². The first kappa shape index (κ1) is 19.9. The summed E-state index contributed by atoms with van der Waals surface area (Å²) in [5.74, 6) is 2.32. The van der Waals surface area contributed by atoms with Crippen molar-refractivity contribution in [3.05, 3.63) is 48.2 Å². The maximum Gasteiger partial charge on any atom is 0.254 e. The third kappa shape index (κ3) is 5.36. The number of hydrogen-bond donors (Lipinski definition) is 1. The fourth-order valence-electron chi connectivity index (χ4n) is 3.13. The summed E-state index contributed by atoms with van der Waals surface area (Å²) in [6.07, 6.45) is 1.67. The number of methoxy groups -OCH3 is 1. The summed E-state index contributed by atoms with van der Waals surface area (Å²) in [6, 6.07) is 11.0. The zero-order chi connectivity index (χ0) is 19.8. The number of anilines is 1. The van der Waals surface area contributed by atoms with Gasteiger partial charge in [0.15, 0.2) is 0 Å². The summed E-state index contributed by atoms with van der Waals surface area (Å²) in [6.45, 7) is 7.67. The number of rotatable bonds is 8. The van der Waals surface area contributed by atoms with Gasteiger partial charge in [-0.2, -0.15) is 0 Å². The molecule has 7 nitrogen and oxygen atoms in total. The van der Waals surface area contributed by atoms with E-state index in [0.29, 0.717) is 24.5 Å². The summed E-state index contributed by atoms with van der Waals surface area (Å²) in [5, 5.41) is 3.21. The molecule has 0 bridgehead atoms. The lowest BCUT2D eigenvalue weighted by molar-refractivity contribution is 0.0643. The van der Waals surface area contributed by atoms with Crippen molar-refractivity contribution in [1.82, 2.24) is 14.8 Å². The van der Waals surface area contributed by atoms with Crippen LogP contribution < -0.4 is 14.8 Å². The van der Waals surface area contributed by atoms with Crippen LogP contribution in [0.25, 0.3) is 0 Å². The van der Waals surface area contributed by atoms with Crippen LogP contribution in [0, 0.1) is 0 Å². The number of likely N-dealkylation sites (N-methyl/N-ethyl adjacent to an activating group) is 1. The molecule has 1 aromatic carbocycles. The normalized spacial score (nSPS) is 14.6. The third-order valence-electron chi connectivity index (χ3n) is 4.85. The van der Waals surface area contributed by atoms with Crippen molar-refractivity contribution in [3.8, 4) is 11.5 Å². The van der Waals surface area contributed by atoms with E-state index in [2.05, 4.69) is 22.1 Å². The standard InChI is InChI=1S/C21H28N4O3/c1-3-24-11-13-25(14-12-24)21(26)17-8-9-22-20(16-17)23-10-15-28-19-6-4-18(27-2)5-7-19/h4-9,16H,3,10-15H2,1-2H3,(H,22,23). The van der Waals surface area contributed by atoms with Gasteiger partial charge in [-0.1, -0.05) is 6.92 Å². The maximum absolute atomic E-state index is 12.7. The van der Waals surface area contributed by atoms with E-state index in [4.69, 9.17) is 9.47 Å². The molecule has 0 aliphatic carbocycles. The molecule has 1 saturated heterocycles. The molecule has 2 heterocycles. The minimum Gasteiger partial charge on any atom is -0.497 e. The first-order valence-electron chi connectivity index (χ1n) is 9.68. The summed E-state index contributed by atoms with van der Waals surface area (Å²) in [4.78, 5) is 21.3. The number of carbonyl (C=O) groups is 1. The average Bonchev–Trinajstić information content (AvgIpc) is 2.77.